The predicted molar refractivity (Wildman–Crippen MR) is 84.9 cm³/mol. The lowest BCUT2D eigenvalue weighted by Crippen LogP contribution is -2.40. The second-order valence-electron chi connectivity index (χ2n) is 5.95. The zero-order valence-electron chi connectivity index (χ0n) is 13.8. The quantitative estimate of drug-likeness (QED) is 0.588. The van der Waals surface area contributed by atoms with Crippen LogP contribution in [0.25, 0.3) is 0 Å². The number of benzene rings is 1. The molecule has 1 saturated heterocycles. The van der Waals surface area contributed by atoms with Gasteiger partial charge in [-0.15, -0.1) is 0 Å². The van der Waals surface area contributed by atoms with Crippen LogP contribution in [0, 0.1) is 5.82 Å². The van der Waals surface area contributed by atoms with E-state index in [1.54, 1.807) is 19.9 Å². The lowest BCUT2D eigenvalue weighted by molar-refractivity contribution is -0.147. The number of ether oxygens (including phenoxy) is 1. The summed E-state index contributed by atoms with van der Waals surface area (Å²) in [5.41, 5.74) is -1.04. The Kier molecular flexibility index (Phi) is 5.35. The smallest absolute Gasteiger partial charge is 0.325 e. The van der Waals surface area contributed by atoms with Gasteiger partial charge in [-0.25, -0.2) is 9.18 Å². The van der Waals surface area contributed by atoms with Crippen LogP contribution in [0.3, 0.4) is 0 Å². The molecule has 2 rings (SSSR count). The van der Waals surface area contributed by atoms with Gasteiger partial charge in [0.2, 0.25) is 0 Å². The summed E-state index contributed by atoms with van der Waals surface area (Å²) in [7, 11) is 0. The van der Waals surface area contributed by atoms with Gasteiger partial charge in [-0.3, -0.25) is 19.3 Å². The van der Waals surface area contributed by atoms with Crippen LogP contribution in [-0.2, 0) is 19.1 Å². The number of imide groups is 1. The average molecular weight is 351 g/mol. The molecule has 0 atom stereocenters. The Hall–Kier alpha value is -2.97. The molecule has 0 unspecified atom stereocenters. The molecule has 1 aromatic rings. The van der Waals surface area contributed by atoms with Crippen molar-refractivity contribution in [2.75, 3.05) is 18.5 Å². The molecule has 0 bridgehead atoms. The molecule has 1 aliphatic rings. The first-order valence-corrected chi connectivity index (χ1v) is 7.55. The number of hydrogen-bond donors (Lipinski definition) is 2. The minimum absolute atomic E-state index is 0.0230. The number of nitrogens with zero attached hydrogens (tertiary/aromatic N) is 1. The highest BCUT2D eigenvalue weighted by atomic mass is 19.1. The van der Waals surface area contributed by atoms with E-state index in [4.69, 9.17) is 4.74 Å². The van der Waals surface area contributed by atoms with E-state index >= 15 is 0 Å². The minimum atomic E-state index is -1.01. The van der Waals surface area contributed by atoms with E-state index < -0.39 is 41.8 Å². The first-order chi connectivity index (χ1) is 11.7. The number of amides is 4. The van der Waals surface area contributed by atoms with E-state index in [9.17, 15) is 23.6 Å². The molecule has 8 nitrogen and oxygen atoms in total. The number of carbonyl (C=O) groups is 4. The van der Waals surface area contributed by atoms with Crippen LogP contribution in [0.15, 0.2) is 24.3 Å². The molecule has 134 valence electrons. The third kappa shape index (κ3) is 4.52. The van der Waals surface area contributed by atoms with Crippen LogP contribution in [-0.4, -0.2) is 47.4 Å². The van der Waals surface area contributed by atoms with Gasteiger partial charge in [0.15, 0.2) is 6.61 Å². The minimum Gasteiger partial charge on any atom is -0.456 e. The summed E-state index contributed by atoms with van der Waals surface area (Å²) in [5, 5.41) is 4.75. The lowest BCUT2D eigenvalue weighted by atomic mass is 10.1. The second kappa shape index (κ2) is 7.29. The summed E-state index contributed by atoms with van der Waals surface area (Å²) in [6.07, 6.45) is -0.248. The van der Waals surface area contributed by atoms with Crippen LogP contribution >= 0.6 is 0 Å². The van der Waals surface area contributed by atoms with Gasteiger partial charge in [0.1, 0.15) is 11.4 Å². The Morgan fingerprint density at radius 2 is 1.96 bits per heavy atom. The fraction of sp³-hybridized carbons (Fsp3) is 0.375. The van der Waals surface area contributed by atoms with Crippen LogP contribution in [0.5, 0.6) is 0 Å². The number of rotatable bonds is 6. The van der Waals surface area contributed by atoms with Crippen LogP contribution in [0.4, 0.5) is 14.9 Å². The van der Waals surface area contributed by atoms with Gasteiger partial charge in [-0.2, -0.15) is 0 Å². The van der Waals surface area contributed by atoms with Crippen molar-refractivity contribution in [3.05, 3.63) is 30.1 Å². The topological polar surface area (TPSA) is 105 Å². The van der Waals surface area contributed by atoms with E-state index in [2.05, 4.69) is 10.6 Å². The highest BCUT2D eigenvalue weighted by Gasteiger charge is 2.44. The van der Waals surface area contributed by atoms with E-state index in [1.807, 2.05) is 0 Å². The largest absolute Gasteiger partial charge is 0.456 e. The van der Waals surface area contributed by atoms with Gasteiger partial charge >= 0.3 is 12.0 Å². The zero-order chi connectivity index (χ0) is 18.6. The number of nitrogens with one attached hydrogen (secondary N) is 2. The molecule has 2 N–H and O–H groups in total. The summed E-state index contributed by atoms with van der Waals surface area (Å²) in [4.78, 5) is 47.8. The van der Waals surface area contributed by atoms with Crippen molar-refractivity contribution >= 4 is 29.5 Å². The van der Waals surface area contributed by atoms with Gasteiger partial charge < -0.3 is 15.4 Å². The molecule has 1 heterocycles. The van der Waals surface area contributed by atoms with Crippen molar-refractivity contribution in [2.45, 2.75) is 25.8 Å². The van der Waals surface area contributed by atoms with Gasteiger partial charge in [0.25, 0.3) is 11.8 Å². The monoisotopic (exact) mass is 351 g/mol. The molecule has 0 aromatic heterocycles. The molecule has 0 aliphatic carbocycles. The molecule has 1 fully saturated rings. The standard InChI is InChI=1S/C16H18FN3O5/c1-16(2)14(23)20(15(24)19-16)8-7-13(22)25-9-12(21)18-11-6-4-3-5-10(11)17/h3-6H,7-9H2,1-2H3,(H,18,21)(H,19,24). The van der Waals surface area contributed by atoms with Crippen molar-refractivity contribution in [3.8, 4) is 0 Å². The number of anilines is 1. The van der Waals surface area contributed by atoms with Gasteiger partial charge in [-0.1, -0.05) is 12.1 Å². The second-order valence-corrected chi connectivity index (χ2v) is 5.95. The predicted octanol–water partition coefficient (Wildman–Crippen LogP) is 1.03. The summed E-state index contributed by atoms with van der Waals surface area (Å²) in [6.45, 7) is 2.36. The lowest BCUT2D eigenvalue weighted by Gasteiger charge is -2.15. The van der Waals surface area contributed by atoms with Crippen molar-refractivity contribution in [1.82, 2.24) is 10.2 Å². The zero-order valence-corrected chi connectivity index (χ0v) is 13.8. The van der Waals surface area contributed by atoms with Gasteiger partial charge in [-0.05, 0) is 26.0 Å². The van der Waals surface area contributed by atoms with Crippen molar-refractivity contribution in [1.29, 1.82) is 0 Å². The van der Waals surface area contributed by atoms with Crippen LogP contribution in [0.2, 0.25) is 0 Å². The van der Waals surface area contributed by atoms with Gasteiger partial charge in [0, 0.05) is 6.54 Å². The summed E-state index contributed by atoms with van der Waals surface area (Å²) in [6, 6.07) is 4.99. The summed E-state index contributed by atoms with van der Waals surface area (Å²) in [5.74, 6) is -2.51. The number of esters is 1. The van der Waals surface area contributed by atoms with E-state index in [0.29, 0.717) is 0 Å². The number of hydrogen-bond acceptors (Lipinski definition) is 5. The van der Waals surface area contributed by atoms with E-state index in [-0.39, 0.29) is 18.7 Å². The molecular weight excluding hydrogens is 333 g/mol. The molecule has 0 saturated carbocycles. The van der Waals surface area contributed by atoms with Gasteiger partial charge in [0.05, 0.1) is 12.1 Å². The number of carbonyl (C=O) groups excluding carboxylic acids is 4. The third-order valence-corrected chi connectivity index (χ3v) is 3.50. The molecule has 1 aromatic carbocycles. The summed E-state index contributed by atoms with van der Waals surface area (Å²) >= 11 is 0. The average Bonchev–Trinajstić information content (AvgIpc) is 2.73. The Bertz CT molecular complexity index is 719. The Morgan fingerprint density at radius 1 is 1.28 bits per heavy atom. The normalized spacial score (nSPS) is 15.7. The third-order valence-electron chi connectivity index (χ3n) is 3.50. The first-order valence-electron chi connectivity index (χ1n) is 7.55. The molecule has 1 aliphatic heterocycles. The van der Waals surface area contributed by atoms with Crippen molar-refractivity contribution in [3.63, 3.8) is 0 Å². The fourth-order valence-corrected chi connectivity index (χ4v) is 2.19. The van der Waals surface area contributed by atoms with Crippen molar-refractivity contribution in [2.24, 2.45) is 0 Å². The highest BCUT2D eigenvalue weighted by Crippen LogP contribution is 2.16. The first kappa shape index (κ1) is 18.4. The molecule has 0 spiro atoms. The maximum atomic E-state index is 13.4. The molecule has 0 radical (unpaired) electrons. The maximum absolute atomic E-state index is 13.4. The Morgan fingerprint density at radius 3 is 2.56 bits per heavy atom. The van der Waals surface area contributed by atoms with Crippen molar-refractivity contribution < 1.29 is 28.3 Å². The Balaban J connectivity index is 1.76. The number of urea groups is 1. The molecule has 25 heavy (non-hydrogen) atoms. The summed E-state index contributed by atoms with van der Waals surface area (Å²) < 4.78 is 18.1. The van der Waals surface area contributed by atoms with E-state index in [1.165, 1.54) is 18.2 Å². The Labute approximate surface area is 143 Å². The molecular formula is C16H18FN3O5. The maximum Gasteiger partial charge on any atom is 0.325 e. The number of halogens is 1. The highest BCUT2D eigenvalue weighted by molar-refractivity contribution is 6.06. The van der Waals surface area contributed by atoms with Crippen LogP contribution in [0.1, 0.15) is 20.3 Å². The molecule has 9 heteroatoms. The van der Waals surface area contributed by atoms with E-state index in [0.717, 1.165) is 4.90 Å². The van der Waals surface area contributed by atoms with Crippen LogP contribution < -0.4 is 10.6 Å². The number of para-hydroxylation sites is 1. The fourth-order valence-electron chi connectivity index (χ4n) is 2.19. The molecule has 4 amide bonds. The SMILES string of the molecule is CC1(C)NC(=O)N(CCC(=O)OCC(=O)Nc2ccccc2F)C1=O.